The minimum absolute atomic E-state index is 0.780. The molecule has 2 N–H and O–H groups in total. The topological polar surface area (TPSA) is 44.0 Å². The van der Waals surface area contributed by atoms with E-state index in [1.165, 1.54) is 16.6 Å². The van der Waals surface area contributed by atoms with Crippen molar-refractivity contribution in [2.75, 3.05) is 24.3 Å². The van der Waals surface area contributed by atoms with Crippen LogP contribution in [0.3, 0.4) is 0 Å². The molecule has 0 saturated heterocycles. The molecule has 2 heterocycles. The molecule has 0 fully saturated rings. The number of nitrogens with zero attached hydrogens (tertiary/aromatic N) is 2. The first kappa shape index (κ1) is 12.5. The lowest BCUT2D eigenvalue weighted by Crippen LogP contribution is -2.09. The highest BCUT2D eigenvalue weighted by atomic mass is 15.1. The Kier molecular flexibility index (Phi) is 3.29. The summed E-state index contributed by atoms with van der Waals surface area (Å²) in [5.74, 6) is 0. The number of pyridine rings is 1. The third kappa shape index (κ3) is 2.45. The van der Waals surface area contributed by atoms with E-state index in [-0.39, 0.29) is 0 Å². The van der Waals surface area contributed by atoms with Gasteiger partial charge in [-0.2, -0.15) is 0 Å². The summed E-state index contributed by atoms with van der Waals surface area (Å²) in [6, 6.07) is 12.4. The lowest BCUT2D eigenvalue weighted by atomic mass is 10.2. The van der Waals surface area contributed by atoms with Crippen LogP contribution < -0.4 is 10.2 Å². The van der Waals surface area contributed by atoms with E-state index in [0.29, 0.717) is 0 Å². The van der Waals surface area contributed by atoms with Crippen LogP contribution in [0.2, 0.25) is 0 Å². The first-order chi connectivity index (χ1) is 9.74. The Morgan fingerprint density at radius 1 is 1.20 bits per heavy atom. The van der Waals surface area contributed by atoms with Gasteiger partial charge in [0, 0.05) is 49.8 Å². The Morgan fingerprint density at radius 3 is 2.95 bits per heavy atom. The summed E-state index contributed by atoms with van der Waals surface area (Å²) in [5.41, 5.74) is 4.47. The van der Waals surface area contributed by atoms with Crippen LogP contribution in [-0.4, -0.2) is 24.1 Å². The van der Waals surface area contributed by atoms with Gasteiger partial charge in [0.2, 0.25) is 0 Å². The van der Waals surface area contributed by atoms with Crippen LogP contribution in [0.5, 0.6) is 0 Å². The highest BCUT2D eigenvalue weighted by Gasteiger charge is 2.04. The van der Waals surface area contributed by atoms with E-state index in [1.54, 1.807) is 6.20 Å². The number of fused-ring (bicyclic) bond motifs is 1. The van der Waals surface area contributed by atoms with Gasteiger partial charge in [-0.1, -0.05) is 6.07 Å². The highest BCUT2D eigenvalue weighted by Crippen LogP contribution is 2.20. The van der Waals surface area contributed by atoms with Crippen LogP contribution in [0.1, 0.15) is 5.56 Å². The van der Waals surface area contributed by atoms with E-state index in [9.17, 15) is 0 Å². The first-order valence-electron chi connectivity index (χ1n) is 6.66. The molecule has 0 aliphatic rings. The molecule has 1 aromatic carbocycles. The fourth-order valence-electron chi connectivity index (χ4n) is 2.25. The van der Waals surface area contributed by atoms with Gasteiger partial charge in [-0.3, -0.25) is 0 Å². The zero-order valence-electron chi connectivity index (χ0n) is 11.7. The molecule has 0 aliphatic carbocycles. The van der Waals surface area contributed by atoms with Crippen LogP contribution in [0.4, 0.5) is 11.4 Å². The number of hydrogen-bond donors (Lipinski definition) is 2. The number of aromatic amines is 1. The van der Waals surface area contributed by atoms with Crippen LogP contribution in [0, 0.1) is 0 Å². The van der Waals surface area contributed by atoms with Gasteiger partial charge in [0.15, 0.2) is 0 Å². The zero-order valence-corrected chi connectivity index (χ0v) is 11.7. The Labute approximate surface area is 118 Å². The number of anilines is 2. The molecule has 3 aromatic rings. The number of benzene rings is 1. The van der Waals surface area contributed by atoms with Gasteiger partial charge in [-0.05, 0) is 35.9 Å². The van der Waals surface area contributed by atoms with E-state index in [2.05, 4.69) is 50.5 Å². The highest BCUT2D eigenvalue weighted by molar-refractivity contribution is 5.79. The fourth-order valence-corrected chi connectivity index (χ4v) is 2.25. The van der Waals surface area contributed by atoms with Crippen LogP contribution >= 0.6 is 0 Å². The average molecular weight is 266 g/mol. The molecule has 0 bridgehead atoms. The monoisotopic (exact) mass is 266 g/mol. The van der Waals surface area contributed by atoms with Crippen molar-refractivity contribution in [1.82, 2.24) is 9.97 Å². The number of nitrogens with one attached hydrogen (secondary N) is 2. The summed E-state index contributed by atoms with van der Waals surface area (Å²) in [6.07, 6.45) is 3.82. The van der Waals surface area contributed by atoms with Gasteiger partial charge in [0.1, 0.15) is 5.65 Å². The van der Waals surface area contributed by atoms with Crippen molar-refractivity contribution in [3.05, 3.63) is 54.4 Å². The summed E-state index contributed by atoms with van der Waals surface area (Å²) >= 11 is 0. The molecular formula is C16H18N4. The molecule has 0 amide bonds. The molecule has 3 rings (SSSR count). The van der Waals surface area contributed by atoms with E-state index in [0.717, 1.165) is 17.9 Å². The molecule has 0 aliphatic heterocycles. The molecule has 0 spiro atoms. The maximum Gasteiger partial charge on any atom is 0.137 e. The quantitative estimate of drug-likeness (QED) is 0.762. The minimum Gasteiger partial charge on any atom is -0.381 e. The van der Waals surface area contributed by atoms with Gasteiger partial charge in [-0.25, -0.2) is 4.98 Å². The van der Waals surface area contributed by atoms with Gasteiger partial charge in [-0.15, -0.1) is 0 Å². The summed E-state index contributed by atoms with van der Waals surface area (Å²) in [6.45, 7) is 0.780. The minimum atomic E-state index is 0.780. The van der Waals surface area contributed by atoms with Gasteiger partial charge in [0.25, 0.3) is 0 Å². The zero-order chi connectivity index (χ0) is 13.9. The van der Waals surface area contributed by atoms with Crippen LogP contribution in [0.15, 0.2) is 48.8 Å². The third-order valence-corrected chi connectivity index (χ3v) is 3.38. The fraction of sp³-hybridized carbons (Fsp3) is 0.188. The normalized spacial score (nSPS) is 10.7. The first-order valence-corrected chi connectivity index (χ1v) is 6.66. The van der Waals surface area contributed by atoms with Crippen molar-refractivity contribution >= 4 is 22.4 Å². The lowest BCUT2D eigenvalue weighted by Gasteiger charge is -2.14. The second-order valence-corrected chi connectivity index (χ2v) is 5.01. The lowest BCUT2D eigenvalue weighted by molar-refractivity contribution is 1.12. The van der Waals surface area contributed by atoms with Gasteiger partial charge >= 0.3 is 0 Å². The molecule has 0 radical (unpaired) electrons. The smallest absolute Gasteiger partial charge is 0.137 e. The van der Waals surface area contributed by atoms with Gasteiger partial charge in [0.05, 0.1) is 0 Å². The van der Waals surface area contributed by atoms with Crippen LogP contribution in [0.25, 0.3) is 11.0 Å². The largest absolute Gasteiger partial charge is 0.381 e. The molecular weight excluding hydrogens is 248 g/mol. The predicted octanol–water partition coefficient (Wildman–Crippen LogP) is 3.24. The molecule has 0 saturated carbocycles. The van der Waals surface area contributed by atoms with E-state index < -0.39 is 0 Å². The molecule has 2 aromatic heterocycles. The van der Waals surface area contributed by atoms with Crippen molar-refractivity contribution in [3.8, 4) is 0 Å². The van der Waals surface area contributed by atoms with Crippen molar-refractivity contribution < 1.29 is 0 Å². The Hall–Kier alpha value is -2.49. The second-order valence-electron chi connectivity index (χ2n) is 5.01. The van der Waals surface area contributed by atoms with Crippen molar-refractivity contribution in [2.24, 2.45) is 0 Å². The van der Waals surface area contributed by atoms with Crippen molar-refractivity contribution in [2.45, 2.75) is 6.54 Å². The molecule has 4 heteroatoms. The van der Waals surface area contributed by atoms with Gasteiger partial charge < -0.3 is 15.2 Å². The molecule has 0 atom stereocenters. The Balaban J connectivity index is 1.78. The Morgan fingerprint density at radius 2 is 2.10 bits per heavy atom. The average Bonchev–Trinajstić information content (AvgIpc) is 2.89. The second kappa shape index (κ2) is 5.25. The number of H-pyrrole nitrogens is 1. The van der Waals surface area contributed by atoms with E-state index in [4.69, 9.17) is 0 Å². The maximum atomic E-state index is 4.30. The third-order valence-electron chi connectivity index (χ3n) is 3.38. The maximum absolute atomic E-state index is 4.30. The summed E-state index contributed by atoms with van der Waals surface area (Å²) in [7, 11) is 4.09. The predicted molar refractivity (Wildman–Crippen MR) is 84.2 cm³/mol. The van der Waals surface area contributed by atoms with E-state index >= 15 is 0 Å². The number of rotatable bonds is 4. The summed E-state index contributed by atoms with van der Waals surface area (Å²) < 4.78 is 0. The molecule has 102 valence electrons. The van der Waals surface area contributed by atoms with E-state index in [1.807, 2.05) is 26.4 Å². The molecule has 0 unspecified atom stereocenters. The molecule has 20 heavy (non-hydrogen) atoms. The summed E-state index contributed by atoms with van der Waals surface area (Å²) in [4.78, 5) is 9.60. The number of aromatic nitrogens is 2. The van der Waals surface area contributed by atoms with Crippen LogP contribution in [-0.2, 0) is 6.54 Å². The molecule has 4 nitrogen and oxygen atoms in total. The van der Waals surface area contributed by atoms with Crippen molar-refractivity contribution in [1.29, 1.82) is 0 Å². The standard InChI is InChI=1S/C16H18N4/c1-20(2)14-6-3-5-13(9-14)18-10-12-11-19-16-15(12)7-4-8-17-16/h3-9,11,18H,10H2,1-2H3,(H,17,19). The SMILES string of the molecule is CN(C)c1cccc(NCc2c[nH]c3ncccc23)c1. The summed E-state index contributed by atoms with van der Waals surface area (Å²) in [5, 5.41) is 4.63. The number of hydrogen-bond acceptors (Lipinski definition) is 3. The Bertz CT molecular complexity index is 715. The van der Waals surface area contributed by atoms with Crippen molar-refractivity contribution in [3.63, 3.8) is 0 Å².